The van der Waals surface area contributed by atoms with Crippen LogP contribution in [-0.4, -0.2) is 32.8 Å². The molecule has 1 fully saturated rings. The number of sulfonamides is 1. The summed E-state index contributed by atoms with van der Waals surface area (Å²) in [6.07, 6.45) is 3.67. The van der Waals surface area contributed by atoms with E-state index in [4.69, 9.17) is 0 Å². The van der Waals surface area contributed by atoms with Crippen molar-refractivity contribution in [3.63, 3.8) is 0 Å². The van der Waals surface area contributed by atoms with Crippen LogP contribution in [0, 0.1) is 0 Å². The molecule has 0 aromatic carbocycles. The maximum Gasteiger partial charge on any atom is 0.211 e. The first-order chi connectivity index (χ1) is 6.99. The molecule has 1 aliphatic rings. The Balaban J connectivity index is 2.02. The van der Waals surface area contributed by atoms with Crippen LogP contribution in [-0.2, 0) is 10.0 Å². The first-order valence-electron chi connectivity index (χ1n) is 5.73. The third-order valence-electron chi connectivity index (χ3n) is 2.32. The van der Waals surface area contributed by atoms with Crippen LogP contribution in [0.5, 0.6) is 0 Å². The fourth-order valence-electron chi connectivity index (χ4n) is 1.32. The predicted molar refractivity (Wildman–Crippen MR) is 62.3 cm³/mol. The van der Waals surface area contributed by atoms with Crippen LogP contribution in [0.1, 0.15) is 39.5 Å². The zero-order valence-electron chi connectivity index (χ0n) is 9.62. The van der Waals surface area contributed by atoms with E-state index >= 15 is 0 Å². The second-order valence-electron chi connectivity index (χ2n) is 4.53. The molecule has 5 heteroatoms. The lowest BCUT2D eigenvalue weighted by atomic mass is 10.3. The van der Waals surface area contributed by atoms with Crippen LogP contribution < -0.4 is 10.0 Å². The van der Waals surface area contributed by atoms with Gasteiger partial charge in [-0.3, -0.25) is 0 Å². The molecule has 0 amide bonds. The first kappa shape index (κ1) is 12.9. The molecule has 4 nitrogen and oxygen atoms in total. The van der Waals surface area contributed by atoms with Crippen molar-refractivity contribution >= 4 is 10.0 Å². The Bertz CT molecular complexity index is 271. The Hall–Kier alpha value is -0.130. The highest BCUT2D eigenvalue weighted by molar-refractivity contribution is 7.89. The molecule has 1 aliphatic carbocycles. The molecule has 0 unspecified atom stereocenters. The van der Waals surface area contributed by atoms with Gasteiger partial charge in [-0.25, -0.2) is 13.1 Å². The number of nitrogens with one attached hydrogen (secondary N) is 2. The highest BCUT2D eigenvalue weighted by Gasteiger charge is 2.26. The number of hydrogen-bond acceptors (Lipinski definition) is 3. The molecule has 90 valence electrons. The van der Waals surface area contributed by atoms with Crippen molar-refractivity contribution in [2.24, 2.45) is 0 Å². The van der Waals surface area contributed by atoms with Gasteiger partial charge in [0.05, 0.1) is 5.75 Å². The summed E-state index contributed by atoms with van der Waals surface area (Å²) in [6.45, 7) is 5.08. The Labute approximate surface area is 92.9 Å². The van der Waals surface area contributed by atoms with E-state index in [2.05, 4.69) is 23.9 Å². The Morgan fingerprint density at radius 2 is 1.93 bits per heavy atom. The summed E-state index contributed by atoms with van der Waals surface area (Å²) >= 11 is 0. The van der Waals surface area contributed by atoms with E-state index in [-0.39, 0.29) is 11.8 Å². The predicted octanol–water partition coefficient (Wildman–Crippen LogP) is 0.846. The summed E-state index contributed by atoms with van der Waals surface area (Å²) in [5, 5.41) is 3.27. The molecule has 0 radical (unpaired) electrons. The lowest BCUT2D eigenvalue weighted by molar-refractivity contribution is 0.555. The van der Waals surface area contributed by atoms with Gasteiger partial charge >= 0.3 is 0 Å². The van der Waals surface area contributed by atoms with Crippen molar-refractivity contribution in [2.45, 2.75) is 51.6 Å². The van der Waals surface area contributed by atoms with E-state index in [1.54, 1.807) is 0 Å². The molecular formula is C10H22N2O2S. The Kier molecular flexibility index (Phi) is 5.02. The summed E-state index contributed by atoms with van der Waals surface area (Å²) in [6, 6.07) is 0.718. The Morgan fingerprint density at radius 1 is 1.27 bits per heavy atom. The lowest BCUT2D eigenvalue weighted by Gasteiger charge is -2.08. The van der Waals surface area contributed by atoms with Crippen molar-refractivity contribution in [1.82, 2.24) is 10.0 Å². The smallest absolute Gasteiger partial charge is 0.211 e. The summed E-state index contributed by atoms with van der Waals surface area (Å²) in [5.74, 6) is 0.267. The molecule has 0 saturated heterocycles. The van der Waals surface area contributed by atoms with Crippen LogP contribution in [0.4, 0.5) is 0 Å². The molecule has 2 N–H and O–H groups in total. The molecule has 0 aliphatic heterocycles. The van der Waals surface area contributed by atoms with Gasteiger partial charge in [0.25, 0.3) is 0 Å². The van der Waals surface area contributed by atoms with Gasteiger partial charge in [0.15, 0.2) is 0 Å². The van der Waals surface area contributed by atoms with Gasteiger partial charge in [0.1, 0.15) is 0 Å². The quantitative estimate of drug-likeness (QED) is 0.612. The second-order valence-corrected chi connectivity index (χ2v) is 6.40. The molecule has 1 saturated carbocycles. The fourth-order valence-corrected chi connectivity index (χ4v) is 2.77. The zero-order valence-corrected chi connectivity index (χ0v) is 10.4. The van der Waals surface area contributed by atoms with Crippen LogP contribution in [0.25, 0.3) is 0 Å². The summed E-state index contributed by atoms with van der Waals surface area (Å²) in [4.78, 5) is 0. The minimum Gasteiger partial charge on any atom is -0.315 e. The van der Waals surface area contributed by atoms with Gasteiger partial charge in [-0.2, -0.15) is 0 Å². The van der Waals surface area contributed by atoms with E-state index < -0.39 is 10.0 Å². The first-order valence-corrected chi connectivity index (χ1v) is 7.38. The van der Waals surface area contributed by atoms with Crippen LogP contribution in [0.15, 0.2) is 0 Å². The third-order valence-corrected chi connectivity index (χ3v) is 3.83. The lowest BCUT2D eigenvalue weighted by Crippen LogP contribution is -2.29. The molecule has 0 heterocycles. The molecule has 0 aromatic rings. The van der Waals surface area contributed by atoms with Gasteiger partial charge in [-0.05, 0) is 32.2 Å². The summed E-state index contributed by atoms with van der Waals surface area (Å²) in [7, 11) is -3.00. The van der Waals surface area contributed by atoms with Crippen molar-refractivity contribution in [3.8, 4) is 0 Å². The van der Waals surface area contributed by atoms with Crippen LogP contribution in [0.2, 0.25) is 0 Å². The average Bonchev–Trinajstić information content (AvgIpc) is 2.86. The van der Waals surface area contributed by atoms with Crippen molar-refractivity contribution in [1.29, 1.82) is 0 Å². The maximum atomic E-state index is 11.4. The maximum absolute atomic E-state index is 11.4. The van der Waals surface area contributed by atoms with Gasteiger partial charge in [-0.15, -0.1) is 0 Å². The van der Waals surface area contributed by atoms with Crippen molar-refractivity contribution in [2.75, 3.05) is 12.3 Å². The van der Waals surface area contributed by atoms with Gasteiger partial charge in [0, 0.05) is 12.1 Å². The SMILES string of the molecule is CC(C)NCCCCS(=O)(=O)NC1CC1. The molecule has 0 aromatic heterocycles. The number of rotatable bonds is 8. The van der Waals surface area contributed by atoms with E-state index in [1.165, 1.54) is 0 Å². The van der Waals surface area contributed by atoms with E-state index in [0.717, 1.165) is 32.2 Å². The third kappa shape index (κ3) is 6.87. The highest BCUT2D eigenvalue weighted by atomic mass is 32.2. The van der Waals surface area contributed by atoms with Crippen LogP contribution >= 0.6 is 0 Å². The Morgan fingerprint density at radius 3 is 2.47 bits per heavy atom. The zero-order chi connectivity index (χ0) is 11.3. The molecule has 1 rings (SSSR count). The normalized spacial score (nSPS) is 17.3. The van der Waals surface area contributed by atoms with Crippen molar-refractivity contribution in [3.05, 3.63) is 0 Å². The van der Waals surface area contributed by atoms with E-state index in [1.807, 2.05) is 0 Å². The van der Waals surface area contributed by atoms with Gasteiger partial charge < -0.3 is 5.32 Å². The molecule has 15 heavy (non-hydrogen) atoms. The monoisotopic (exact) mass is 234 g/mol. The largest absolute Gasteiger partial charge is 0.315 e. The van der Waals surface area contributed by atoms with Crippen molar-refractivity contribution < 1.29 is 8.42 Å². The van der Waals surface area contributed by atoms with E-state index in [9.17, 15) is 8.42 Å². The standard InChI is InChI=1S/C10H22N2O2S/c1-9(2)11-7-3-4-8-15(13,14)12-10-5-6-10/h9-12H,3-8H2,1-2H3. The second kappa shape index (κ2) is 5.82. The van der Waals surface area contributed by atoms with Crippen LogP contribution in [0.3, 0.4) is 0 Å². The average molecular weight is 234 g/mol. The minimum absolute atomic E-state index is 0.240. The molecule has 0 atom stereocenters. The molecular weight excluding hydrogens is 212 g/mol. The number of hydrogen-bond donors (Lipinski definition) is 2. The highest BCUT2D eigenvalue weighted by Crippen LogP contribution is 2.19. The summed E-state index contributed by atoms with van der Waals surface area (Å²) in [5.41, 5.74) is 0. The topological polar surface area (TPSA) is 58.2 Å². The van der Waals surface area contributed by atoms with E-state index in [0.29, 0.717) is 6.04 Å². The number of unbranched alkanes of at least 4 members (excludes halogenated alkanes) is 1. The van der Waals surface area contributed by atoms with Gasteiger partial charge in [0.2, 0.25) is 10.0 Å². The summed E-state index contributed by atoms with van der Waals surface area (Å²) < 4.78 is 25.6. The molecule has 0 spiro atoms. The van der Waals surface area contributed by atoms with Gasteiger partial charge in [-0.1, -0.05) is 13.8 Å². The minimum atomic E-state index is -3.00. The fraction of sp³-hybridized carbons (Fsp3) is 1.00. The molecule has 0 bridgehead atoms.